The molecule has 0 bridgehead atoms. The maximum atomic E-state index is 12.5. The van der Waals surface area contributed by atoms with Crippen molar-refractivity contribution in [3.63, 3.8) is 0 Å². The van der Waals surface area contributed by atoms with Crippen LogP contribution in [0.1, 0.15) is 17.3 Å². The highest BCUT2D eigenvalue weighted by Gasteiger charge is 2.33. The average molecular weight is 285 g/mol. The first kappa shape index (κ1) is 14.0. The van der Waals surface area contributed by atoms with E-state index >= 15 is 0 Å². The Morgan fingerprint density at radius 1 is 1.24 bits per heavy atom. The van der Waals surface area contributed by atoms with Gasteiger partial charge in [0.05, 0.1) is 12.2 Å². The molecule has 0 radical (unpaired) electrons. The summed E-state index contributed by atoms with van der Waals surface area (Å²) in [4.78, 5) is 14.5. The van der Waals surface area contributed by atoms with Crippen molar-refractivity contribution in [3.05, 3.63) is 42.0 Å². The highest BCUT2D eigenvalue weighted by Crippen LogP contribution is 2.33. The number of likely N-dealkylation sites (N-methyl/N-ethyl adjacent to an activating group) is 1. The lowest BCUT2D eigenvalue weighted by atomic mass is 10.0. The number of carbonyl (C=O) groups is 1. The van der Waals surface area contributed by atoms with E-state index in [4.69, 9.17) is 9.84 Å². The number of hydrogen-bond donors (Lipinski definition) is 1. The molecular formula is C17H19NO3. The van der Waals surface area contributed by atoms with Crippen LogP contribution in [0.2, 0.25) is 0 Å². The molecule has 1 unspecified atom stereocenters. The standard InChI is InChI=1S/C17H19NO3/c1-2-18(7-8-19)11-16-17(20)14-9-12-5-3-4-6-13(12)10-15(14)21-16/h3-6,9-10,16,19H,2,7-8,11H2,1H3. The van der Waals surface area contributed by atoms with Crippen LogP contribution in [0.5, 0.6) is 5.75 Å². The molecular weight excluding hydrogens is 266 g/mol. The predicted molar refractivity (Wildman–Crippen MR) is 81.9 cm³/mol. The van der Waals surface area contributed by atoms with E-state index in [1.54, 1.807) is 0 Å². The second-order valence-electron chi connectivity index (χ2n) is 5.28. The quantitative estimate of drug-likeness (QED) is 0.914. The molecule has 1 N–H and O–H groups in total. The lowest BCUT2D eigenvalue weighted by Gasteiger charge is -2.21. The SMILES string of the molecule is CCN(CCO)CC1Oc2cc3ccccc3cc2C1=O. The zero-order valence-electron chi connectivity index (χ0n) is 12.1. The van der Waals surface area contributed by atoms with E-state index in [2.05, 4.69) is 0 Å². The van der Waals surface area contributed by atoms with Gasteiger partial charge in [0.25, 0.3) is 0 Å². The van der Waals surface area contributed by atoms with Crippen LogP contribution in [0.3, 0.4) is 0 Å². The molecule has 3 rings (SSSR count). The van der Waals surface area contributed by atoms with Gasteiger partial charge in [-0.2, -0.15) is 0 Å². The fraction of sp³-hybridized carbons (Fsp3) is 0.353. The van der Waals surface area contributed by atoms with Gasteiger partial charge in [-0.3, -0.25) is 9.69 Å². The Kier molecular flexibility index (Phi) is 3.90. The molecule has 0 amide bonds. The fourth-order valence-electron chi connectivity index (χ4n) is 2.76. The third-order valence-electron chi connectivity index (χ3n) is 3.96. The monoisotopic (exact) mass is 285 g/mol. The van der Waals surface area contributed by atoms with Crippen LogP contribution in [0, 0.1) is 0 Å². The number of ketones is 1. The molecule has 21 heavy (non-hydrogen) atoms. The largest absolute Gasteiger partial charge is 0.480 e. The van der Waals surface area contributed by atoms with Crippen molar-refractivity contribution in [2.45, 2.75) is 13.0 Å². The maximum absolute atomic E-state index is 12.5. The lowest BCUT2D eigenvalue weighted by molar-refractivity contribution is 0.0766. The highest BCUT2D eigenvalue weighted by atomic mass is 16.5. The lowest BCUT2D eigenvalue weighted by Crippen LogP contribution is -2.39. The Bertz CT molecular complexity index is 668. The van der Waals surface area contributed by atoms with Crippen LogP contribution in [0.15, 0.2) is 36.4 Å². The van der Waals surface area contributed by atoms with Crippen molar-refractivity contribution < 1.29 is 14.6 Å². The first-order valence-corrected chi connectivity index (χ1v) is 7.29. The van der Waals surface area contributed by atoms with Crippen molar-refractivity contribution in [2.75, 3.05) is 26.2 Å². The van der Waals surface area contributed by atoms with Crippen LogP contribution in [-0.4, -0.2) is 48.1 Å². The molecule has 1 aliphatic rings. The third-order valence-corrected chi connectivity index (χ3v) is 3.96. The molecule has 0 aliphatic carbocycles. The number of rotatable bonds is 5. The summed E-state index contributed by atoms with van der Waals surface area (Å²) >= 11 is 0. The smallest absolute Gasteiger partial charge is 0.208 e. The minimum Gasteiger partial charge on any atom is -0.480 e. The zero-order chi connectivity index (χ0) is 14.8. The van der Waals surface area contributed by atoms with E-state index in [0.717, 1.165) is 17.3 Å². The number of fused-ring (bicyclic) bond motifs is 2. The summed E-state index contributed by atoms with van der Waals surface area (Å²) in [6.45, 7) is 3.96. The van der Waals surface area contributed by atoms with Crippen LogP contribution in [-0.2, 0) is 0 Å². The number of carbonyl (C=O) groups excluding carboxylic acids is 1. The molecule has 4 heteroatoms. The molecule has 110 valence electrons. The second kappa shape index (κ2) is 5.84. The first-order valence-electron chi connectivity index (χ1n) is 7.29. The number of hydrogen-bond acceptors (Lipinski definition) is 4. The summed E-state index contributed by atoms with van der Waals surface area (Å²) in [5, 5.41) is 11.2. The summed E-state index contributed by atoms with van der Waals surface area (Å²) in [5.74, 6) is 0.705. The summed E-state index contributed by atoms with van der Waals surface area (Å²) in [7, 11) is 0. The Morgan fingerprint density at radius 3 is 2.62 bits per heavy atom. The van der Waals surface area contributed by atoms with Gasteiger partial charge in [0.1, 0.15) is 5.75 Å². The van der Waals surface area contributed by atoms with E-state index in [1.807, 2.05) is 48.2 Å². The Morgan fingerprint density at radius 2 is 1.95 bits per heavy atom. The van der Waals surface area contributed by atoms with Crippen molar-refractivity contribution in [2.24, 2.45) is 0 Å². The first-order chi connectivity index (χ1) is 10.2. The van der Waals surface area contributed by atoms with Gasteiger partial charge in [0, 0.05) is 13.1 Å². The topological polar surface area (TPSA) is 49.8 Å². The number of aliphatic hydroxyl groups excluding tert-OH is 1. The Hall–Kier alpha value is -1.91. The van der Waals surface area contributed by atoms with E-state index in [9.17, 15) is 4.79 Å². The zero-order valence-corrected chi connectivity index (χ0v) is 12.1. The van der Waals surface area contributed by atoms with Gasteiger partial charge < -0.3 is 9.84 Å². The summed E-state index contributed by atoms with van der Waals surface area (Å²) in [6.07, 6.45) is -0.469. The van der Waals surface area contributed by atoms with Gasteiger partial charge in [-0.05, 0) is 29.4 Å². The molecule has 0 saturated heterocycles. The van der Waals surface area contributed by atoms with Crippen molar-refractivity contribution >= 4 is 16.6 Å². The maximum Gasteiger partial charge on any atom is 0.208 e. The van der Waals surface area contributed by atoms with Crippen LogP contribution in [0.25, 0.3) is 10.8 Å². The van der Waals surface area contributed by atoms with E-state index in [0.29, 0.717) is 24.4 Å². The van der Waals surface area contributed by atoms with Crippen molar-refractivity contribution in [3.8, 4) is 5.75 Å². The van der Waals surface area contributed by atoms with Gasteiger partial charge in [-0.15, -0.1) is 0 Å². The summed E-state index contributed by atoms with van der Waals surface area (Å²) < 4.78 is 5.83. The molecule has 4 nitrogen and oxygen atoms in total. The molecule has 0 spiro atoms. The molecule has 1 aliphatic heterocycles. The molecule has 0 aromatic heterocycles. The molecule has 2 aromatic rings. The highest BCUT2D eigenvalue weighted by molar-refractivity contribution is 6.07. The number of aliphatic hydroxyl groups is 1. The van der Waals surface area contributed by atoms with E-state index < -0.39 is 6.10 Å². The summed E-state index contributed by atoms with van der Waals surface area (Å²) in [6, 6.07) is 11.8. The Balaban J connectivity index is 1.86. The van der Waals surface area contributed by atoms with Gasteiger partial charge in [-0.1, -0.05) is 31.2 Å². The van der Waals surface area contributed by atoms with Gasteiger partial charge in [0.2, 0.25) is 5.78 Å². The van der Waals surface area contributed by atoms with Crippen LogP contribution < -0.4 is 4.74 Å². The predicted octanol–water partition coefficient (Wildman–Crippen LogP) is 2.10. The molecule has 2 aromatic carbocycles. The van der Waals surface area contributed by atoms with Gasteiger partial charge in [0.15, 0.2) is 6.10 Å². The number of Topliss-reactive ketones (excluding diaryl/α,β-unsaturated/α-hetero) is 1. The second-order valence-corrected chi connectivity index (χ2v) is 5.28. The van der Waals surface area contributed by atoms with Crippen molar-refractivity contribution in [1.82, 2.24) is 4.90 Å². The molecule has 0 saturated carbocycles. The van der Waals surface area contributed by atoms with E-state index in [-0.39, 0.29) is 12.4 Å². The van der Waals surface area contributed by atoms with Crippen molar-refractivity contribution in [1.29, 1.82) is 0 Å². The minimum atomic E-state index is -0.469. The van der Waals surface area contributed by atoms with Crippen LogP contribution >= 0.6 is 0 Å². The van der Waals surface area contributed by atoms with Gasteiger partial charge in [-0.25, -0.2) is 0 Å². The normalized spacial score (nSPS) is 17.3. The van der Waals surface area contributed by atoms with Gasteiger partial charge >= 0.3 is 0 Å². The molecule has 0 fully saturated rings. The fourth-order valence-corrected chi connectivity index (χ4v) is 2.76. The molecule has 1 heterocycles. The number of ether oxygens (including phenoxy) is 1. The van der Waals surface area contributed by atoms with Crippen LogP contribution in [0.4, 0.5) is 0 Å². The number of nitrogens with zero attached hydrogens (tertiary/aromatic N) is 1. The minimum absolute atomic E-state index is 0.0344. The third kappa shape index (κ3) is 2.64. The molecule has 1 atom stereocenters. The summed E-state index contributed by atoms with van der Waals surface area (Å²) in [5.41, 5.74) is 0.666. The Labute approximate surface area is 123 Å². The van der Waals surface area contributed by atoms with E-state index in [1.165, 1.54) is 0 Å². The number of benzene rings is 2. The average Bonchev–Trinajstić information content (AvgIpc) is 2.80.